The fourth-order valence-corrected chi connectivity index (χ4v) is 3.46. The first-order valence-electron chi connectivity index (χ1n) is 6.41. The van der Waals surface area contributed by atoms with Crippen LogP contribution in [0.1, 0.15) is 46.0 Å². The second-order valence-corrected chi connectivity index (χ2v) is 5.04. The molecule has 0 aliphatic carbocycles. The van der Waals surface area contributed by atoms with Crippen LogP contribution in [0.4, 0.5) is 0 Å². The highest BCUT2D eigenvalue weighted by molar-refractivity contribution is 4.96. The average molecular weight is 212 g/mol. The standard InChI is InChI=1S/C12H24N2O/c1-3-8(4-2)12(14-13)10-7-9-5-6-11(10)15-9/h8-12,14H,3-7,13H2,1-2H3. The maximum atomic E-state index is 5.91. The molecule has 0 aromatic carbocycles. The predicted molar refractivity (Wildman–Crippen MR) is 61.2 cm³/mol. The largest absolute Gasteiger partial charge is 0.375 e. The molecule has 88 valence electrons. The summed E-state index contributed by atoms with van der Waals surface area (Å²) >= 11 is 0. The highest BCUT2D eigenvalue weighted by Gasteiger charge is 2.45. The van der Waals surface area contributed by atoms with Crippen LogP contribution < -0.4 is 11.3 Å². The van der Waals surface area contributed by atoms with Crippen molar-refractivity contribution in [1.29, 1.82) is 0 Å². The number of nitrogens with two attached hydrogens (primary N) is 1. The molecule has 2 heterocycles. The number of ether oxygens (including phenoxy) is 1. The van der Waals surface area contributed by atoms with Crippen molar-refractivity contribution in [3.8, 4) is 0 Å². The molecule has 2 bridgehead atoms. The monoisotopic (exact) mass is 212 g/mol. The van der Waals surface area contributed by atoms with E-state index in [2.05, 4.69) is 19.3 Å². The molecule has 3 N–H and O–H groups in total. The fourth-order valence-electron chi connectivity index (χ4n) is 3.46. The van der Waals surface area contributed by atoms with Crippen LogP contribution in [0, 0.1) is 11.8 Å². The minimum atomic E-state index is 0.454. The molecular formula is C12H24N2O. The number of fused-ring (bicyclic) bond motifs is 2. The predicted octanol–water partition coefficient (Wildman–Crippen LogP) is 1.82. The molecule has 0 aromatic heterocycles. The van der Waals surface area contributed by atoms with Crippen molar-refractivity contribution < 1.29 is 4.74 Å². The lowest BCUT2D eigenvalue weighted by Crippen LogP contribution is -2.48. The Morgan fingerprint density at radius 1 is 1.33 bits per heavy atom. The van der Waals surface area contributed by atoms with Gasteiger partial charge >= 0.3 is 0 Å². The van der Waals surface area contributed by atoms with Crippen LogP contribution >= 0.6 is 0 Å². The van der Waals surface area contributed by atoms with Crippen LogP contribution in [0.25, 0.3) is 0 Å². The van der Waals surface area contributed by atoms with Crippen molar-refractivity contribution in [2.24, 2.45) is 17.7 Å². The van der Waals surface area contributed by atoms with E-state index in [1.165, 1.54) is 32.1 Å². The quantitative estimate of drug-likeness (QED) is 0.540. The lowest BCUT2D eigenvalue weighted by Gasteiger charge is -2.33. The third kappa shape index (κ3) is 2.05. The van der Waals surface area contributed by atoms with E-state index >= 15 is 0 Å². The highest BCUT2D eigenvalue weighted by Crippen LogP contribution is 2.42. The van der Waals surface area contributed by atoms with Gasteiger partial charge in [-0.2, -0.15) is 0 Å². The topological polar surface area (TPSA) is 47.3 Å². The Labute approximate surface area is 92.7 Å². The lowest BCUT2D eigenvalue weighted by atomic mass is 9.77. The molecule has 0 amide bonds. The Balaban J connectivity index is 2.00. The summed E-state index contributed by atoms with van der Waals surface area (Å²) in [6.07, 6.45) is 7.16. The van der Waals surface area contributed by atoms with E-state index in [0.717, 1.165) is 0 Å². The summed E-state index contributed by atoms with van der Waals surface area (Å²) in [5, 5.41) is 0. The zero-order valence-corrected chi connectivity index (χ0v) is 9.91. The van der Waals surface area contributed by atoms with Crippen molar-refractivity contribution >= 4 is 0 Å². The average Bonchev–Trinajstić information content (AvgIpc) is 2.87. The van der Waals surface area contributed by atoms with Crippen molar-refractivity contribution in [3.05, 3.63) is 0 Å². The lowest BCUT2D eigenvalue weighted by molar-refractivity contribution is 0.0785. The van der Waals surface area contributed by atoms with Gasteiger partial charge in [0.2, 0.25) is 0 Å². The van der Waals surface area contributed by atoms with Crippen LogP contribution in [-0.4, -0.2) is 18.2 Å². The zero-order valence-electron chi connectivity index (χ0n) is 9.91. The summed E-state index contributed by atoms with van der Waals surface area (Å²) in [7, 11) is 0. The Hall–Kier alpha value is -0.120. The molecule has 15 heavy (non-hydrogen) atoms. The number of hydrogen-bond acceptors (Lipinski definition) is 3. The van der Waals surface area contributed by atoms with Gasteiger partial charge in [0.1, 0.15) is 0 Å². The molecule has 0 saturated carbocycles. The van der Waals surface area contributed by atoms with Gasteiger partial charge in [-0.05, 0) is 25.2 Å². The highest BCUT2D eigenvalue weighted by atomic mass is 16.5. The molecule has 2 saturated heterocycles. The van der Waals surface area contributed by atoms with E-state index in [-0.39, 0.29) is 0 Å². The van der Waals surface area contributed by atoms with Crippen LogP contribution in [0.3, 0.4) is 0 Å². The van der Waals surface area contributed by atoms with Crippen LogP contribution in [-0.2, 0) is 4.74 Å². The van der Waals surface area contributed by atoms with E-state index in [1.54, 1.807) is 0 Å². The Bertz CT molecular complexity index is 206. The molecule has 2 aliphatic heterocycles. The molecule has 2 fully saturated rings. The van der Waals surface area contributed by atoms with Crippen molar-refractivity contribution in [3.63, 3.8) is 0 Å². The minimum Gasteiger partial charge on any atom is -0.375 e. The van der Waals surface area contributed by atoms with E-state index in [1.807, 2.05) is 0 Å². The van der Waals surface area contributed by atoms with Gasteiger partial charge in [-0.1, -0.05) is 26.7 Å². The number of rotatable bonds is 5. The number of hydrazine groups is 1. The summed E-state index contributed by atoms with van der Waals surface area (Å²) in [6, 6.07) is 0.454. The van der Waals surface area contributed by atoms with Gasteiger partial charge in [0.15, 0.2) is 0 Å². The fraction of sp³-hybridized carbons (Fsp3) is 1.00. The van der Waals surface area contributed by atoms with Crippen molar-refractivity contribution in [1.82, 2.24) is 5.43 Å². The Morgan fingerprint density at radius 3 is 2.47 bits per heavy atom. The SMILES string of the molecule is CCC(CC)C(NN)C1CC2CCC1O2. The van der Waals surface area contributed by atoms with Crippen molar-refractivity contribution in [2.45, 2.75) is 64.2 Å². The summed E-state index contributed by atoms with van der Waals surface area (Å²) < 4.78 is 5.91. The van der Waals surface area contributed by atoms with E-state index in [4.69, 9.17) is 10.6 Å². The normalized spacial score (nSPS) is 36.4. The zero-order chi connectivity index (χ0) is 10.8. The minimum absolute atomic E-state index is 0.454. The molecule has 4 atom stereocenters. The van der Waals surface area contributed by atoms with E-state index < -0.39 is 0 Å². The molecule has 2 aliphatic rings. The molecule has 3 heteroatoms. The summed E-state index contributed by atoms with van der Waals surface area (Å²) in [5.74, 6) is 7.08. The summed E-state index contributed by atoms with van der Waals surface area (Å²) in [5.41, 5.74) is 3.05. The number of nitrogens with one attached hydrogen (secondary N) is 1. The Morgan fingerprint density at radius 2 is 2.07 bits per heavy atom. The molecular weight excluding hydrogens is 188 g/mol. The van der Waals surface area contributed by atoms with Gasteiger partial charge in [0.25, 0.3) is 0 Å². The third-order valence-electron chi connectivity index (χ3n) is 4.36. The van der Waals surface area contributed by atoms with Gasteiger partial charge in [0.05, 0.1) is 12.2 Å². The first-order valence-corrected chi connectivity index (χ1v) is 6.41. The van der Waals surface area contributed by atoms with Crippen LogP contribution in [0.15, 0.2) is 0 Å². The first kappa shape index (κ1) is 11.4. The van der Waals surface area contributed by atoms with Gasteiger partial charge < -0.3 is 4.74 Å². The Kier molecular flexibility index (Phi) is 3.65. The molecule has 2 rings (SSSR count). The van der Waals surface area contributed by atoms with E-state index in [0.29, 0.717) is 30.1 Å². The number of hydrogen-bond donors (Lipinski definition) is 2. The molecule has 0 spiro atoms. The van der Waals surface area contributed by atoms with Gasteiger partial charge in [-0.15, -0.1) is 0 Å². The molecule has 0 radical (unpaired) electrons. The van der Waals surface area contributed by atoms with E-state index in [9.17, 15) is 0 Å². The van der Waals surface area contributed by atoms with Gasteiger partial charge in [-0.3, -0.25) is 11.3 Å². The van der Waals surface area contributed by atoms with Gasteiger partial charge in [0, 0.05) is 12.0 Å². The second kappa shape index (κ2) is 4.81. The molecule has 0 aromatic rings. The molecule has 4 unspecified atom stereocenters. The van der Waals surface area contributed by atoms with Gasteiger partial charge in [-0.25, -0.2) is 0 Å². The second-order valence-electron chi connectivity index (χ2n) is 5.04. The van der Waals surface area contributed by atoms with Crippen molar-refractivity contribution in [2.75, 3.05) is 0 Å². The smallest absolute Gasteiger partial charge is 0.0624 e. The third-order valence-corrected chi connectivity index (χ3v) is 4.36. The van der Waals surface area contributed by atoms with Crippen LogP contribution in [0.2, 0.25) is 0 Å². The first-order chi connectivity index (χ1) is 7.30. The summed E-state index contributed by atoms with van der Waals surface area (Å²) in [6.45, 7) is 4.51. The summed E-state index contributed by atoms with van der Waals surface area (Å²) in [4.78, 5) is 0. The maximum Gasteiger partial charge on any atom is 0.0624 e. The van der Waals surface area contributed by atoms with Crippen LogP contribution in [0.5, 0.6) is 0 Å². The maximum absolute atomic E-state index is 5.91. The molecule has 3 nitrogen and oxygen atoms in total.